The topological polar surface area (TPSA) is 17.1 Å². The van der Waals surface area contributed by atoms with E-state index in [4.69, 9.17) is 0 Å². The SMILES string of the molecule is O=C(c1cc(F)cc(Br)c1)C1CCC1. The molecule has 3 heteroatoms. The number of ketones is 1. The summed E-state index contributed by atoms with van der Waals surface area (Å²) in [5.74, 6) is -0.151. The van der Waals surface area contributed by atoms with E-state index in [9.17, 15) is 9.18 Å². The summed E-state index contributed by atoms with van der Waals surface area (Å²) in [5.41, 5.74) is 0.488. The molecule has 1 nitrogen and oxygen atoms in total. The van der Waals surface area contributed by atoms with E-state index in [-0.39, 0.29) is 17.5 Å². The van der Waals surface area contributed by atoms with Gasteiger partial charge in [-0.1, -0.05) is 22.4 Å². The van der Waals surface area contributed by atoms with Crippen LogP contribution in [0.3, 0.4) is 0 Å². The summed E-state index contributed by atoms with van der Waals surface area (Å²) < 4.78 is 13.6. The first-order valence-corrected chi connectivity index (χ1v) is 5.46. The Morgan fingerprint density at radius 3 is 2.57 bits per heavy atom. The zero-order valence-corrected chi connectivity index (χ0v) is 9.18. The molecule has 1 fully saturated rings. The molecule has 2 rings (SSSR count). The van der Waals surface area contributed by atoms with Gasteiger partial charge in [0.1, 0.15) is 5.82 Å². The summed E-state index contributed by atoms with van der Waals surface area (Å²) in [4.78, 5) is 11.7. The molecule has 0 radical (unpaired) electrons. The van der Waals surface area contributed by atoms with Gasteiger partial charge in [-0.2, -0.15) is 0 Å². The minimum atomic E-state index is -0.359. The van der Waals surface area contributed by atoms with Gasteiger partial charge in [0, 0.05) is 16.0 Å². The monoisotopic (exact) mass is 256 g/mol. The van der Waals surface area contributed by atoms with E-state index in [1.165, 1.54) is 12.1 Å². The molecule has 1 aliphatic rings. The predicted octanol–water partition coefficient (Wildman–Crippen LogP) is 3.57. The van der Waals surface area contributed by atoms with Crippen molar-refractivity contribution in [1.29, 1.82) is 0 Å². The third-order valence-corrected chi connectivity index (χ3v) is 3.08. The lowest BCUT2D eigenvalue weighted by Gasteiger charge is -2.23. The van der Waals surface area contributed by atoms with E-state index in [0.717, 1.165) is 19.3 Å². The Morgan fingerprint density at radius 2 is 2.07 bits per heavy atom. The van der Waals surface area contributed by atoms with Crippen LogP contribution < -0.4 is 0 Å². The Balaban J connectivity index is 2.26. The van der Waals surface area contributed by atoms with Crippen molar-refractivity contribution in [1.82, 2.24) is 0 Å². The van der Waals surface area contributed by atoms with Crippen LogP contribution in [0.5, 0.6) is 0 Å². The lowest BCUT2D eigenvalue weighted by molar-refractivity contribution is 0.0854. The molecule has 0 aliphatic heterocycles. The van der Waals surface area contributed by atoms with Gasteiger partial charge in [-0.15, -0.1) is 0 Å². The molecule has 1 aromatic rings. The maximum atomic E-state index is 13.0. The zero-order valence-electron chi connectivity index (χ0n) is 7.59. The fourth-order valence-electron chi connectivity index (χ4n) is 1.60. The second-order valence-electron chi connectivity index (χ2n) is 3.65. The van der Waals surface area contributed by atoms with E-state index in [1.807, 2.05) is 0 Å². The molecular formula is C11H10BrFO. The molecule has 0 spiro atoms. The fraction of sp³-hybridized carbons (Fsp3) is 0.364. The first-order valence-electron chi connectivity index (χ1n) is 4.67. The third kappa shape index (κ3) is 1.87. The van der Waals surface area contributed by atoms with Crippen LogP contribution in [0.1, 0.15) is 29.6 Å². The standard InChI is InChI=1S/C11H10BrFO/c12-9-4-8(5-10(13)6-9)11(14)7-2-1-3-7/h4-7H,1-3H2. The largest absolute Gasteiger partial charge is 0.294 e. The van der Waals surface area contributed by atoms with Crippen molar-refractivity contribution in [2.24, 2.45) is 5.92 Å². The van der Waals surface area contributed by atoms with Crippen molar-refractivity contribution in [3.8, 4) is 0 Å². The normalized spacial score (nSPS) is 16.4. The van der Waals surface area contributed by atoms with Crippen molar-refractivity contribution < 1.29 is 9.18 Å². The van der Waals surface area contributed by atoms with E-state index in [1.54, 1.807) is 6.07 Å². The Hall–Kier alpha value is -0.700. The molecule has 1 saturated carbocycles. The second-order valence-corrected chi connectivity index (χ2v) is 4.57. The molecule has 0 saturated heterocycles. The zero-order chi connectivity index (χ0) is 10.1. The highest BCUT2D eigenvalue weighted by molar-refractivity contribution is 9.10. The maximum Gasteiger partial charge on any atom is 0.166 e. The van der Waals surface area contributed by atoms with E-state index in [2.05, 4.69) is 15.9 Å². The molecule has 0 bridgehead atoms. The first kappa shape index (κ1) is 9.84. The number of carbonyl (C=O) groups excluding carboxylic acids is 1. The van der Waals surface area contributed by atoms with Crippen LogP contribution in [0.2, 0.25) is 0 Å². The van der Waals surface area contributed by atoms with Crippen LogP contribution in [0.25, 0.3) is 0 Å². The summed E-state index contributed by atoms with van der Waals surface area (Å²) >= 11 is 3.18. The van der Waals surface area contributed by atoms with Gasteiger partial charge < -0.3 is 0 Å². The molecule has 74 valence electrons. The molecule has 0 unspecified atom stereocenters. The van der Waals surface area contributed by atoms with Crippen molar-refractivity contribution in [2.45, 2.75) is 19.3 Å². The Kier molecular flexibility index (Phi) is 2.68. The number of benzene rings is 1. The van der Waals surface area contributed by atoms with Gasteiger partial charge in [-0.25, -0.2) is 4.39 Å². The Morgan fingerprint density at radius 1 is 1.36 bits per heavy atom. The number of hydrogen-bond acceptors (Lipinski definition) is 1. The highest BCUT2D eigenvalue weighted by Crippen LogP contribution is 2.30. The van der Waals surface area contributed by atoms with Crippen LogP contribution in [0, 0.1) is 11.7 Å². The molecular weight excluding hydrogens is 247 g/mol. The van der Waals surface area contributed by atoms with Gasteiger partial charge in [-0.3, -0.25) is 4.79 Å². The van der Waals surface area contributed by atoms with Crippen molar-refractivity contribution in [3.63, 3.8) is 0 Å². The average Bonchev–Trinajstić information content (AvgIpc) is 1.98. The highest BCUT2D eigenvalue weighted by Gasteiger charge is 2.26. The maximum absolute atomic E-state index is 13.0. The Bertz CT molecular complexity index is 351. The van der Waals surface area contributed by atoms with Gasteiger partial charge >= 0.3 is 0 Å². The van der Waals surface area contributed by atoms with Crippen molar-refractivity contribution in [3.05, 3.63) is 34.1 Å². The summed E-state index contributed by atoms with van der Waals surface area (Å²) in [5, 5.41) is 0. The predicted molar refractivity (Wildman–Crippen MR) is 55.8 cm³/mol. The smallest absolute Gasteiger partial charge is 0.166 e. The van der Waals surface area contributed by atoms with Crippen LogP contribution in [0.15, 0.2) is 22.7 Å². The number of hydrogen-bond donors (Lipinski definition) is 0. The minimum absolute atomic E-state index is 0.0800. The highest BCUT2D eigenvalue weighted by atomic mass is 79.9. The fourth-order valence-corrected chi connectivity index (χ4v) is 2.07. The minimum Gasteiger partial charge on any atom is -0.294 e. The average molecular weight is 257 g/mol. The molecule has 0 atom stereocenters. The van der Waals surface area contributed by atoms with E-state index in [0.29, 0.717) is 10.0 Å². The first-order chi connectivity index (χ1) is 6.66. The second kappa shape index (κ2) is 3.81. The number of rotatable bonds is 2. The summed E-state index contributed by atoms with van der Waals surface area (Å²) in [6, 6.07) is 4.35. The molecule has 0 heterocycles. The van der Waals surface area contributed by atoms with Gasteiger partial charge in [0.15, 0.2) is 5.78 Å². The van der Waals surface area contributed by atoms with Gasteiger partial charge in [0.25, 0.3) is 0 Å². The van der Waals surface area contributed by atoms with E-state index >= 15 is 0 Å². The van der Waals surface area contributed by atoms with Gasteiger partial charge in [-0.05, 0) is 31.0 Å². The molecule has 0 aromatic heterocycles. The molecule has 1 aromatic carbocycles. The van der Waals surface area contributed by atoms with Crippen LogP contribution in [-0.2, 0) is 0 Å². The van der Waals surface area contributed by atoms with Crippen LogP contribution >= 0.6 is 15.9 Å². The lowest BCUT2D eigenvalue weighted by Crippen LogP contribution is -2.22. The number of carbonyl (C=O) groups is 1. The van der Waals surface area contributed by atoms with Gasteiger partial charge in [0.05, 0.1) is 0 Å². The van der Waals surface area contributed by atoms with Crippen LogP contribution in [-0.4, -0.2) is 5.78 Å². The summed E-state index contributed by atoms with van der Waals surface area (Å²) in [6.45, 7) is 0. The Labute approximate surface area is 90.4 Å². The number of Topliss-reactive ketones (excluding diaryl/α,β-unsaturated/α-hetero) is 1. The number of halogens is 2. The van der Waals surface area contributed by atoms with Crippen molar-refractivity contribution in [2.75, 3.05) is 0 Å². The summed E-state index contributed by atoms with van der Waals surface area (Å²) in [7, 11) is 0. The quantitative estimate of drug-likeness (QED) is 0.740. The van der Waals surface area contributed by atoms with Crippen LogP contribution in [0.4, 0.5) is 4.39 Å². The summed E-state index contributed by atoms with van der Waals surface area (Å²) in [6.07, 6.45) is 3.02. The lowest BCUT2D eigenvalue weighted by atomic mass is 9.80. The van der Waals surface area contributed by atoms with Gasteiger partial charge in [0.2, 0.25) is 0 Å². The molecule has 0 amide bonds. The molecule has 14 heavy (non-hydrogen) atoms. The third-order valence-electron chi connectivity index (χ3n) is 2.62. The molecule has 0 N–H and O–H groups in total. The van der Waals surface area contributed by atoms with Crippen molar-refractivity contribution >= 4 is 21.7 Å². The molecule has 1 aliphatic carbocycles. The van der Waals surface area contributed by atoms with E-state index < -0.39 is 0 Å².